The second-order valence-electron chi connectivity index (χ2n) is 9.69. The van der Waals surface area contributed by atoms with Gasteiger partial charge < -0.3 is 10.1 Å². The number of rotatable bonds is 1. The van der Waals surface area contributed by atoms with E-state index < -0.39 is 0 Å². The molecule has 1 heterocycles. The molecule has 4 aliphatic rings. The molecule has 0 radical (unpaired) electrons. The van der Waals surface area contributed by atoms with Crippen LogP contribution >= 0.6 is 0 Å². The molecule has 3 nitrogen and oxygen atoms in total. The van der Waals surface area contributed by atoms with E-state index >= 15 is 0 Å². The van der Waals surface area contributed by atoms with Crippen molar-refractivity contribution in [3.8, 4) is 0 Å². The zero-order chi connectivity index (χ0) is 16.9. The van der Waals surface area contributed by atoms with Crippen LogP contribution in [0.5, 0.6) is 0 Å². The first-order chi connectivity index (χ1) is 11.5. The van der Waals surface area contributed by atoms with Gasteiger partial charge in [-0.15, -0.1) is 0 Å². The molecule has 4 rings (SSSR count). The lowest BCUT2D eigenvalue weighted by Gasteiger charge is -2.61. The normalized spacial score (nSPS) is 51.6. The van der Waals surface area contributed by atoms with E-state index in [1.807, 2.05) is 7.11 Å². The van der Waals surface area contributed by atoms with Gasteiger partial charge in [0.15, 0.2) is 0 Å². The maximum atomic E-state index is 12.1. The quantitative estimate of drug-likeness (QED) is 0.777. The molecule has 0 aromatic heterocycles. The first-order valence-electron chi connectivity index (χ1n) is 10.3. The lowest BCUT2D eigenvalue weighted by atomic mass is 9.45. The van der Waals surface area contributed by atoms with Crippen molar-refractivity contribution in [2.24, 2.45) is 29.1 Å². The third kappa shape index (κ3) is 2.53. The van der Waals surface area contributed by atoms with Gasteiger partial charge in [0.1, 0.15) is 0 Å². The highest BCUT2D eigenvalue weighted by molar-refractivity contribution is 5.77. The molecule has 3 aliphatic carbocycles. The molecular weight excluding hydrogens is 298 g/mol. The van der Waals surface area contributed by atoms with Crippen molar-refractivity contribution >= 4 is 5.91 Å². The van der Waals surface area contributed by atoms with E-state index in [0.29, 0.717) is 23.3 Å². The van der Waals surface area contributed by atoms with Crippen LogP contribution in [-0.2, 0) is 9.53 Å². The molecule has 1 N–H and O–H groups in total. The molecule has 1 amide bonds. The summed E-state index contributed by atoms with van der Waals surface area (Å²) in [7, 11) is 1.89. The van der Waals surface area contributed by atoms with E-state index in [0.717, 1.165) is 30.6 Å². The molecule has 4 fully saturated rings. The summed E-state index contributed by atoms with van der Waals surface area (Å²) in [6.45, 7) is 4.94. The highest BCUT2D eigenvalue weighted by atomic mass is 16.5. The van der Waals surface area contributed by atoms with Gasteiger partial charge in [-0.3, -0.25) is 4.79 Å². The van der Waals surface area contributed by atoms with Crippen LogP contribution in [0.15, 0.2) is 0 Å². The molecule has 0 aromatic rings. The molecule has 7 atom stereocenters. The Kier molecular flexibility index (Phi) is 4.22. The van der Waals surface area contributed by atoms with Crippen molar-refractivity contribution < 1.29 is 9.53 Å². The average Bonchev–Trinajstić information content (AvgIpc) is 2.71. The van der Waals surface area contributed by atoms with Crippen molar-refractivity contribution in [1.29, 1.82) is 0 Å². The fraction of sp³-hybridized carbons (Fsp3) is 0.952. The number of amides is 1. The Bertz CT molecular complexity index is 506. The summed E-state index contributed by atoms with van der Waals surface area (Å²) < 4.78 is 5.70. The van der Waals surface area contributed by atoms with Crippen LogP contribution in [0.1, 0.15) is 78.1 Å². The van der Waals surface area contributed by atoms with Crippen molar-refractivity contribution in [2.45, 2.75) is 89.7 Å². The van der Waals surface area contributed by atoms with E-state index in [4.69, 9.17) is 4.74 Å². The summed E-state index contributed by atoms with van der Waals surface area (Å²) in [6, 6.07) is 0. The van der Waals surface area contributed by atoms with Gasteiger partial charge in [0, 0.05) is 19.1 Å². The zero-order valence-electron chi connectivity index (χ0n) is 15.8. The zero-order valence-corrected chi connectivity index (χ0v) is 15.8. The summed E-state index contributed by atoms with van der Waals surface area (Å²) in [4.78, 5) is 12.1. The number of ether oxygens (including phenoxy) is 1. The number of hydrogen-bond acceptors (Lipinski definition) is 2. The molecule has 24 heavy (non-hydrogen) atoms. The molecule has 0 bridgehead atoms. The number of carbonyl (C=O) groups excluding carboxylic acids is 1. The average molecular weight is 334 g/mol. The monoisotopic (exact) mass is 333 g/mol. The Labute approximate surface area is 147 Å². The predicted molar refractivity (Wildman–Crippen MR) is 95.6 cm³/mol. The van der Waals surface area contributed by atoms with Crippen LogP contribution in [-0.4, -0.2) is 24.7 Å². The summed E-state index contributed by atoms with van der Waals surface area (Å²) in [5, 5.41) is 3.43. The molecule has 3 heteroatoms. The first kappa shape index (κ1) is 16.9. The third-order valence-corrected chi connectivity index (χ3v) is 8.68. The topological polar surface area (TPSA) is 38.3 Å². The summed E-state index contributed by atoms with van der Waals surface area (Å²) in [5.74, 6) is 3.52. The summed E-state index contributed by atoms with van der Waals surface area (Å²) in [5.41, 5.74) is 0.567. The number of nitrogens with one attached hydrogen (secondary N) is 1. The van der Waals surface area contributed by atoms with E-state index in [9.17, 15) is 4.79 Å². The van der Waals surface area contributed by atoms with Crippen LogP contribution in [0.4, 0.5) is 0 Å². The number of hydrogen-bond donors (Lipinski definition) is 1. The smallest absolute Gasteiger partial charge is 0.220 e. The van der Waals surface area contributed by atoms with E-state index in [1.54, 1.807) is 0 Å². The highest BCUT2D eigenvalue weighted by Gasteiger charge is 2.57. The van der Waals surface area contributed by atoms with Gasteiger partial charge in [-0.2, -0.15) is 0 Å². The minimum atomic E-state index is 0.0572. The van der Waals surface area contributed by atoms with Gasteiger partial charge in [-0.25, -0.2) is 0 Å². The van der Waals surface area contributed by atoms with E-state index in [2.05, 4.69) is 19.2 Å². The maximum absolute atomic E-state index is 12.1. The van der Waals surface area contributed by atoms with Gasteiger partial charge in [-0.05, 0) is 93.8 Å². The second-order valence-corrected chi connectivity index (χ2v) is 9.69. The van der Waals surface area contributed by atoms with Gasteiger partial charge in [0.05, 0.1) is 6.10 Å². The molecule has 7 unspecified atom stereocenters. The van der Waals surface area contributed by atoms with Crippen LogP contribution in [0.25, 0.3) is 0 Å². The number of carbonyl (C=O) groups is 1. The Morgan fingerprint density at radius 3 is 2.67 bits per heavy atom. The van der Waals surface area contributed by atoms with Crippen molar-refractivity contribution in [3.05, 3.63) is 0 Å². The maximum Gasteiger partial charge on any atom is 0.220 e. The van der Waals surface area contributed by atoms with Crippen LogP contribution in [0, 0.1) is 29.1 Å². The molecule has 3 saturated carbocycles. The van der Waals surface area contributed by atoms with Crippen LogP contribution in [0.2, 0.25) is 0 Å². The van der Waals surface area contributed by atoms with Crippen molar-refractivity contribution in [2.75, 3.05) is 7.11 Å². The highest BCUT2D eigenvalue weighted by Crippen LogP contribution is 2.62. The summed E-state index contributed by atoms with van der Waals surface area (Å²) in [6.07, 6.45) is 12.6. The Hall–Kier alpha value is -0.570. The fourth-order valence-electron chi connectivity index (χ4n) is 7.30. The van der Waals surface area contributed by atoms with Gasteiger partial charge >= 0.3 is 0 Å². The number of fused-ring (bicyclic) bond motifs is 5. The Morgan fingerprint density at radius 1 is 1.04 bits per heavy atom. The van der Waals surface area contributed by atoms with E-state index in [1.165, 1.54) is 51.4 Å². The van der Waals surface area contributed by atoms with Gasteiger partial charge in [0.25, 0.3) is 0 Å². The summed E-state index contributed by atoms with van der Waals surface area (Å²) >= 11 is 0. The van der Waals surface area contributed by atoms with Crippen LogP contribution in [0.3, 0.4) is 0 Å². The minimum Gasteiger partial charge on any atom is -0.381 e. The molecule has 1 saturated heterocycles. The number of methoxy groups -OCH3 is 1. The molecular formula is C21H35NO2. The lowest BCUT2D eigenvalue weighted by molar-refractivity contribution is -0.131. The van der Waals surface area contributed by atoms with Crippen molar-refractivity contribution in [1.82, 2.24) is 5.32 Å². The lowest BCUT2D eigenvalue weighted by Crippen LogP contribution is -2.60. The Balaban J connectivity index is 1.59. The van der Waals surface area contributed by atoms with Gasteiger partial charge in [-0.1, -0.05) is 6.92 Å². The minimum absolute atomic E-state index is 0.0572. The third-order valence-electron chi connectivity index (χ3n) is 8.68. The molecule has 0 aromatic carbocycles. The Morgan fingerprint density at radius 2 is 1.88 bits per heavy atom. The van der Waals surface area contributed by atoms with Crippen LogP contribution < -0.4 is 5.32 Å². The molecule has 0 spiro atoms. The predicted octanol–water partition coefficient (Wildman–Crippen LogP) is 4.30. The molecule has 1 aliphatic heterocycles. The fourth-order valence-corrected chi connectivity index (χ4v) is 7.30. The standard InChI is InChI=1S/C21H35NO2/c1-20-11-9-15(24-3)13-14(20)7-8-16-17(20)10-12-21(2)18(16)5-4-6-19(23)22-21/h14-18H,4-13H2,1-3H3,(H,22,23). The largest absolute Gasteiger partial charge is 0.381 e. The van der Waals surface area contributed by atoms with Gasteiger partial charge in [0.2, 0.25) is 5.91 Å². The van der Waals surface area contributed by atoms with E-state index in [-0.39, 0.29) is 5.54 Å². The van der Waals surface area contributed by atoms with Crippen molar-refractivity contribution in [3.63, 3.8) is 0 Å². The molecule has 136 valence electrons. The first-order valence-corrected chi connectivity index (χ1v) is 10.3. The SMILES string of the molecule is COC1CCC2(C)C(CCC3C4CCCC(=O)NC4(C)CCC32)C1. The second kappa shape index (κ2) is 6.00.